The van der Waals surface area contributed by atoms with Crippen molar-refractivity contribution in [2.75, 3.05) is 24.3 Å². The fourth-order valence-corrected chi connectivity index (χ4v) is 4.31. The Morgan fingerprint density at radius 2 is 1.39 bits per heavy atom. The van der Waals surface area contributed by atoms with Crippen molar-refractivity contribution in [3.63, 3.8) is 0 Å². The highest BCUT2D eigenvalue weighted by molar-refractivity contribution is 6.00. The number of hydrogen-bond acceptors (Lipinski definition) is 2. The molecule has 0 fully saturated rings. The van der Waals surface area contributed by atoms with Crippen molar-refractivity contribution in [2.24, 2.45) is 4.99 Å². The maximum absolute atomic E-state index is 5.30. The van der Waals surface area contributed by atoms with Crippen LogP contribution < -0.4 is 10.2 Å². The van der Waals surface area contributed by atoms with Gasteiger partial charge in [0, 0.05) is 31.9 Å². The Morgan fingerprint density at radius 3 is 2.03 bits per heavy atom. The van der Waals surface area contributed by atoms with Gasteiger partial charge >= 0.3 is 0 Å². The van der Waals surface area contributed by atoms with E-state index in [4.69, 9.17) is 4.99 Å². The van der Waals surface area contributed by atoms with Crippen LogP contribution in [0.5, 0.6) is 0 Å². The molecule has 3 nitrogen and oxygen atoms in total. The molecule has 174 valence electrons. The summed E-state index contributed by atoms with van der Waals surface area (Å²) in [6, 6.07) is 21.6. The van der Waals surface area contributed by atoms with Crippen LogP contribution in [-0.4, -0.2) is 19.9 Å². The van der Waals surface area contributed by atoms with Gasteiger partial charge in [-0.2, -0.15) is 0 Å². The highest BCUT2D eigenvalue weighted by atomic mass is 15.1. The van der Waals surface area contributed by atoms with Crippen LogP contribution in [0.25, 0.3) is 0 Å². The summed E-state index contributed by atoms with van der Waals surface area (Å²) >= 11 is 0. The molecule has 0 unspecified atom stereocenters. The molecule has 0 spiro atoms. The predicted molar refractivity (Wildman–Crippen MR) is 146 cm³/mol. The summed E-state index contributed by atoms with van der Waals surface area (Å²) in [5.41, 5.74) is 9.77. The predicted octanol–water partition coefficient (Wildman–Crippen LogP) is 8.00. The average molecular weight is 442 g/mol. The van der Waals surface area contributed by atoms with Gasteiger partial charge in [0.1, 0.15) is 5.84 Å². The van der Waals surface area contributed by atoms with Crippen molar-refractivity contribution >= 4 is 22.9 Å². The number of benzene rings is 3. The van der Waals surface area contributed by atoms with Gasteiger partial charge in [0.15, 0.2) is 0 Å². The van der Waals surface area contributed by atoms with Crippen LogP contribution in [0.3, 0.4) is 0 Å². The van der Waals surface area contributed by atoms with Gasteiger partial charge in [-0.1, -0.05) is 82.3 Å². The topological polar surface area (TPSA) is 27.6 Å². The highest BCUT2D eigenvalue weighted by Crippen LogP contribution is 2.32. The molecule has 0 aliphatic rings. The van der Waals surface area contributed by atoms with E-state index < -0.39 is 0 Å². The van der Waals surface area contributed by atoms with E-state index >= 15 is 0 Å². The smallest absolute Gasteiger partial charge is 0.111 e. The summed E-state index contributed by atoms with van der Waals surface area (Å²) in [5, 5.41) is 3.79. The normalized spacial score (nSPS) is 11.9. The van der Waals surface area contributed by atoms with Gasteiger partial charge in [0.05, 0.1) is 5.69 Å². The number of hydrogen-bond donors (Lipinski definition) is 1. The van der Waals surface area contributed by atoms with E-state index in [0.717, 1.165) is 17.9 Å². The zero-order valence-electron chi connectivity index (χ0n) is 21.5. The monoisotopic (exact) mass is 441 g/mol. The van der Waals surface area contributed by atoms with Crippen LogP contribution in [0, 0.1) is 13.8 Å². The first-order valence-electron chi connectivity index (χ1n) is 12.0. The molecule has 0 radical (unpaired) electrons. The van der Waals surface area contributed by atoms with Gasteiger partial charge in [-0.25, -0.2) is 4.99 Å². The summed E-state index contributed by atoms with van der Waals surface area (Å²) in [6.45, 7) is 13.3. The molecule has 0 saturated heterocycles. The maximum Gasteiger partial charge on any atom is 0.111 e. The zero-order valence-corrected chi connectivity index (χ0v) is 21.5. The SMILES string of the molecule is Cc1cccc(C(C)C)c1N=C(Cc1ccccc1N(C)C)Nc1c(C)cccc1C(C)C. The molecule has 0 atom stereocenters. The summed E-state index contributed by atoms with van der Waals surface area (Å²) in [6.07, 6.45) is 0.728. The largest absolute Gasteiger partial charge is 0.377 e. The van der Waals surface area contributed by atoms with Crippen LogP contribution in [-0.2, 0) is 6.42 Å². The minimum Gasteiger partial charge on any atom is -0.377 e. The summed E-state index contributed by atoms with van der Waals surface area (Å²) in [5.74, 6) is 1.80. The lowest BCUT2D eigenvalue weighted by molar-refractivity contribution is 0.864. The number of nitrogens with one attached hydrogen (secondary N) is 1. The fraction of sp³-hybridized carbons (Fsp3) is 0.367. The molecular weight excluding hydrogens is 402 g/mol. The molecule has 3 heteroatoms. The Labute approximate surface area is 200 Å². The fourth-order valence-electron chi connectivity index (χ4n) is 4.31. The molecule has 0 amide bonds. The van der Waals surface area contributed by atoms with E-state index in [0.29, 0.717) is 11.8 Å². The molecule has 0 bridgehead atoms. The Morgan fingerprint density at radius 1 is 0.788 bits per heavy atom. The third-order valence-electron chi connectivity index (χ3n) is 6.17. The Balaban J connectivity index is 2.17. The molecule has 33 heavy (non-hydrogen) atoms. The third-order valence-corrected chi connectivity index (χ3v) is 6.17. The molecule has 0 heterocycles. The van der Waals surface area contributed by atoms with E-state index in [1.165, 1.54) is 39.2 Å². The minimum absolute atomic E-state index is 0.406. The molecule has 0 aromatic heterocycles. The Kier molecular flexibility index (Phi) is 7.97. The summed E-state index contributed by atoms with van der Waals surface area (Å²) < 4.78 is 0. The van der Waals surface area contributed by atoms with Crippen molar-refractivity contribution < 1.29 is 0 Å². The van der Waals surface area contributed by atoms with Gasteiger partial charge in [-0.15, -0.1) is 0 Å². The molecule has 1 N–H and O–H groups in total. The Bertz CT molecular complexity index is 1120. The zero-order chi connectivity index (χ0) is 24.1. The molecule has 3 aromatic rings. The summed E-state index contributed by atoms with van der Waals surface area (Å²) in [4.78, 5) is 7.47. The van der Waals surface area contributed by atoms with Crippen molar-refractivity contribution in [1.29, 1.82) is 0 Å². The first-order valence-corrected chi connectivity index (χ1v) is 12.0. The van der Waals surface area contributed by atoms with Crippen molar-refractivity contribution in [3.05, 3.63) is 88.5 Å². The lowest BCUT2D eigenvalue weighted by Crippen LogP contribution is -2.20. The van der Waals surface area contributed by atoms with Crippen molar-refractivity contribution in [3.8, 4) is 0 Å². The molecule has 3 rings (SSSR count). The molecule has 0 aliphatic heterocycles. The number of para-hydroxylation sites is 3. The van der Waals surface area contributed by atoms with Gasteiger partial charge in [-0.05, 0) is 59.6 Å². The lowest BCUT2D eigenvalue weighted by atomic mass is 9.97. The molecule has 0 aliphatic carbocycles. The van der Waals surface area contributed by atoms with Gasteiger partial charge < -0.3 is 10.2 Å². The Hall–Kier alpha value is -3.07. The summed E-state index contributed by atoms with van der Waals surface area (Å²) in [7, 11) is 4.19. The maximum atomic E-state index is 5.30. The van der Waals surface area contributed by atoms with Gasteiger partial charge in [-0.3, -0.25) is 0 Å². The third kappa shape index (κ3) is 5.84. The number of amidine groups is 1. The van der Waals surface area contributed by atoms with Gasteiger partial charge in [0.2, 0.25) is 0 Å². The quantitative estimate of drug-likeness (QED) is 0.297. The second-order valence-corrected chi connectivity index (χ2v) is 9.74. The standard InChI is InChI=1S/C30H39N3/c1-20(2)25-16-11-13-22(5)29(25)31-28(19-24-15-9-10-18-27(24)33(7)8)32-30-23(6)14-12-17-26(30)21(3)4/h9-18,20-21H,19H2,1-8H3,(H,31,32). The molecule has 3 aromatic carbocycles. The van der Waals surface area contributed by atoms with Crippen molar-refractivity contribution in [1.82, 2.24) is 0 Å². The number of rotatable bonds is 7. The number of nitrogens with zero attached hydrogens (tertiary/aromatic N) is 2. The van der Waals surface area contributed by atoms with E-state index in [1.807, 2.05) is 0 Å². The molecular formula is C30H39N3. The van der Waals surface area contributed by atoms with E-state index in [2.05, 4.69) is 127 Å². The second kappa shape index (κ2) is 10.7. The van der Waals surface area contributed by atoms with Crippen LogP contribution in [0.4, 0.5) is 17.1 Å². The average Bonchev–Trinajstić information content (AvgIpc) is 2.76. The van der Waals surface area contributed by atoms with E-state index in [1.54, 1.807) is 0 Å². The van der Waals surface area contributed by atoms with Gasteiger partial charge in [0.25, 0.3) is 0 Å². The number of aliphatic imine (C=N–C) groups is 1. The molecule has 0 saturated carbocycles. The first-order chi connectivity index (χ1) is 15.7. The van der Waals surface area contributed by atoms with Crippen LogP contribution >= 0.6 is 0 Å². The van der Waals surface area contributed by atoms with Crippen LogP contribution in [0.15, 0.2) is 65.7 Å². The van der Waals surface area contributed by atoms with Crippen LogP contribution in [0.2, 0.25) is 0 Å². The number of anilines is 2. The van der Waals surface area contributed by atoms with Crippen LogP contribution in [0.1, 0.15) is 67.3 Å². The highest BCUT2D eigenvalue weighted by Gasteiger charge is 2.16. The second-order valence-electron chi connectivity index (χ2n) is 9.74. The number of aryl methyl sites for hydroxylation is 2. The van der Waals surface area contributed by atoms with E-state index in [-0.39, 0.29) is 0 Å². The first kappa shape index (κ1) is 24.6. The minimum atomic E-state index is 0.406. The van der Waals surface area contributed by atoms with E-state index in [9.17, 15) is 0 Å². The van der Waals surface area contributed by atoms with Crippen molar-refractivity contribution in [2.45, 2.75) is 59.8 Å². The lowest BCUT2D eigenvalue weighted by Gasteiger charge is -2.22.